The summed E-state index contributed by atoms with van der Waals surface area (Å²) in [6.45, 7) is 3.65. The molecule has 0 unspecified atom stereocenters. The van der Waals surface area contributed by atoms with E-state index in [0.717, 1.165) is 34.3 Å². The molecule has 0 aliphatic carbocycles. The molecule has 0 radical (unpaired) electrons. The normalized spacial score (nSPS) is 17.0. The van der Waals surface area contributed by atoms with E-state index in [2.05, 4.69) is 30.5 Å². The molecular formula is C15H19N5S. The highest BCUT2D eigenvalue weighted by Gasteiger charge is 2.13. The molecule has 3 aromatic rings. The number of hydrogen-bond donors (Lipinski definition) is 1. The number of aromatic nitrogens is 4. The van der Waals surface area contributed by atoms with Crippen LogP contribution in [-0.2, 0) is 0 Å². The largest absolute Gasteiger partial charge is 0.303 e. The number of para-hydroxylation sites is 2. The van der Waals surface area contributed by atoms with Crippen molar-refractivity contribution in [2.75, 3.05) is 25.4 Å². The van der Waals surface area contributed by atoms with Gasteiger partial charge in [0.1, 0.15) is 0 Å². The monoisotopic (exact) mass is 301 g/mol. The quantitative estimate of drug-likeness (QED) is 0.753. The fourth-order valence-electron chi connectivity index (χ4n) is 2.99. The number of fused-ring (bicyclic) bond motifs is 3. The molecule has 0 amide bonds. The third kappa shape index (κ3) is 2.53. The second-order valence-electron chi connectivity index (χ2n) is 5.52. The van der Waals surface area contributed by atoms with Gasteiger partial charge in [-0.3, -0.25) is 4.40 Å². The van der Waals surface area contributed by atoms with Crippen molar-refractivity contribution >= 4 is 28.6 Å². The average molecular weight is 301 g/mol. The number of nitrogens with zero attached hydrogens (tertiary/aromatic N) is 4. The van der Waals surface area contributed by atoms with Gasteiger partial charge in [-0.2, -0.15) is 0 Å². The molecule has 1 saturated heterocycles. The van der Waals surface area contributed by atoms with Crippen LogP contribution in [0.2, 0.25) is 0 Å². The Morgan fingerprint density at radius 1 is 1.14 bits per heavy atom. The van der Waals surface area contributed by atoms with Gasteiger partial charge < -0.3 is 4.90 Å². The lowest BCUT2D eigenvalue weighted by atomic mass is 10.1. The maximum Gasteiger partial charge on any atom is 0.231 e. The van der Waals surface area contributed by atoms with E-state index in [4.69, 9.17) is 0 Å². The van der Waals surface area contributed by atoms with Gasteiger partial charge in [0, 0.05) is 12.3 Å². The van der Waals surface area contributed by atoms with Gasteiger partial charge in [-0.05, 0) is 38.1 Å². The summed E-state index contributed by atoms with van der Waals surface area (Å²) in [6, 6.07) is 8.20. The van der Waals surface area contributed by atoms with Crippen LogP contribution < -0.4 is 0 Å². The molecular weight excluding hydrogens is 282 g/mol. The van der Waals surface area contributed by atoms with Crippen molar-refractivity contribution in [1.82, 2.24) is 24.5 Å². The summed E-state index contributed by atoms with van der Waals surface area (Å²) in [5.41, 5.74) is 2.14. The number of piperidine rings is 1. The first-order chi connectivity index (χ1) is 10.4. The number of hydrogen-bond acceptors (Lipinski definition) is 4. The van der Waals surface area contributed by atoms with Crippen LogP contribution in [0.15, 0.2) is 29.4 Å². The molecule has 1 aliphatic heterocycles. The lowest BCUT2D eigenvalue weighted by Crippen LogP contribution is -2.31. The first-order valence-corrected chi connectivity index (χ1v) is 8.57. The summed E-state index contributed by atoms with van der Waals surface area (Å²) in [7, 11) is 0. The zero-order valence-electron chi connectivity index (χ0n) is 12.0. The van der Waals surface area contributed by atoms with Crippen LogP contribution in [0, 0.1) is 0 Å². The molecule has 0 bridgehead atoms. The number of rotatable bonds is 4. The number of likely N-dealkylation sites (tertiary alicyclic amines) is 1. The Morgan fingerprint density at radius 3 is 2.90 bits per heavy atom. The van der Waals surface area contributed by atoms with Gasteiger partial charge in [-0.15, -0.1) is 5.10 Å². The van der Waals surface area contributed by atoms with E-state index in [1.54, 1.807) is 0 Å². The van der Waals surface area contributed by atoms with Crippen molar-refractivity contribution in [1.29, 1.82) is 0 Å². The second kappa shape index (κ2) is 5.69. The van der Waals surface area contributed by atoms with Crippen molar-refractivity contribution in [2.45, 2.75) is 24.4 Å². The van der Waals surface area contributed by atoms with E-state index < -0.39 is 0 Å². The zero-order valence-corrected chi connectivity index (χ0v) is 12.8. The summed E-state index contributed by atoms with van der Waals surface area (Å²) in [4.78, 5) is 7.12. The Balaban J connectivity index is 1.50. The van der Waals surface area contributed by atoms with Crippen molar-refractivity contribution in [2.24, 2.45) is 0 Å². The van der Waals surface area contributed by atoms with Crippen LogP contribution in [0.3, 0.4) is 0 Å². The average Bonchev–Trinajstić information content (AvgIpc) is 3.08. The molecule has 0 spiro atoms. The summed E-state index contributed by atoms with van der Waals surface area (Å²) < 4.78 is 2.12. The van der Waals surface area contributed by atoms with Crippen LogP contribution in [0.1, 0.15) is 19.3 Å². The number of benzene rings is 1. The fourth-order valence-corrected chi connectivity index (χ4v) is 3.94. The lowest BCUT2D eigenvalue weighted by molar-refractivity contribution is 0.242. The molecule has 6 heteroatoms. The molecule has 21 heavy (non-hydrogen) atoms. The van der Waals surface area contributed by atoms with Gasteiger partial charge >= 0.3 is 0 Å². The number of H-pyrrole nitrogens is 1. The summed E-state index contributed by atoms with van der Waals surface area (Å²) >= 11 is 1.81. The molecule has 1 aromatic carbocycles. The molecule has 1 fully saturated rings. The third-order valence-electron chi connectivity index (χ3n) is 4.09. The van der Waals surface area contributed by atoms with E-state index in [9.17, 15) is 0 Å². The first-order valence-electron chi connectivity index (χ1n) is 7.58. The summed E-state index contributed by atoms with van der Waals surface area (Å²) in [5, 5.41) is 8.45. The van der Waals surface area contributed by atoms with Gasteiger partial charge in [-0.25, -0.2) is 10.1 Å². The highest BCUT2D eigenvalue weighted by molar-refractivity contribution is 7.99. The number of aromatic amines is 1. The van der Waals surface area contributed by atoms with E-state index in [1.807, 2.05) is 30.0 Å². The predicted octanol–water partition coefficient (Wildman–Crippen LogP) is 2.79. The van der Waals surface area contributed by atoms with Crippen LogP contribution in [-0.4, -0.2) is 49.9 Å². The summed E-state index contributed by atoms with van der Waals surface area (Å²) in [5.74, 6) is 1.91. The Hall–Kier alpha value is -1.53. The SMILES string of the molecule is c1ccc2c(c1)nc1[nH]nc(SCCN3CCCCC3)n12. The zero-order chi connectivity index (χ0) is 14.1. The Labute approximate surface area is 127 Å². The second-order valence-corrected chi connectivity index (χ2v) is 6.58. The third-order valence-corrected chi connectivity index (χ3v) is 5.01. The molecule has 110 valence electrons. The molecule has 5 nitrogen and oxygen atoms in total. The topological polar surface area (TPSA) is 49.2 Å². The molecule has 2 aromatic heterocycles. The Morgan fingerprint density at radius 2 is 2.00 bits per heavy atom. The van der Waals surface area contributed by atoms with Gasteiger partial charge in [0.2, 0.25) is 5.78 Å². The van der Waals surface area contributed by atoms with E-state index >= 15 is 0 Å². The molecule has 1 N–H and O–H groups in total. The minimum Gasteiger partial charge on any atom is -0.303 e. The highest BCUT2D eigenvalue weighted by atomic mass is 32.2. The Kier molecular flexibility index (Phi) is 3.57. The van der Waals surface area contributed by atoms with Crippen molar-refractivity contribution < 1.29 is 0 Å². The van der Waals surface area contributed by atoms with Crippen LogP contribution >= 0.6 is 11.8 Å². The minimum atomic E-state index is 0.830. The minimum absolute atomic E-state index is 0.830. The van der Waals surface area contributed by atoms with Crippen molar-refractivity contribution in [3.8, 4) is 0 Å². The first kappa shape index (κ1) is 13.2. The predicted molar refractivity (Wildman–Crippen MR) is 85.9 cm³/mol. The molecule has 0 saturated carbocycles. The maximum absolute atomic E-state index is 4.55. The van der Waals surface area contributed by atoms with Gasteiger partial charge in [-0.1, -0.05) is 30.3 Å². The smallest absolute Gasteiger partial charge is 0.231 e. The van der Waals surface area contributed by atoms with Crippen molar-refractivity contribution in [3.05, 3.63) is 24.3 Å². The Bertz CT molecular complexity index is 741. The van der Waals surface area contributed by atoms with Gasteiger partial charge in [0.25, 0.3) is 0 Å². The van der Waals surface area contributed by atoms with Crippen LogP contribution in [0.25, 0.3) is 16.8 Å². The van der Waals surface area contributed by atoms with Crippen LogP contribution in [0.5, 0.6) is 0 Å². The number of thioether (sulfide) groups is 1. The summed E-state index contributed by atoms with van der Waals surface area (Å²) in [6.07, 6.45) is 4.09. The van der Waals surface area contributed by atoms with Gasteiger partial charge in [0.05, 0.1) is 11.0 Å². The van der Waals surface area contributed by atoms with E-state index in [-0.39, 0.29) is 0 Å². The molecule has 1 aliphatic rings. The number of nitrogens with one attached hydrogen (secondary N) is 1. The maximum atomic E-state index is 4.55. The van der Waals surface area contributed by atoms with Crippen LogP contribution in [0.4, 0.5) is 0 Å². The van der Waals surface area contributed by atoms with Gasteiger partial charge in [0.15, 0.2) is 5.16 Å². The molecule has 0 atom stereocenters. The standard InChI is InChI=1S/C15H19N5S/c1-4-8-19(9-5-1)10-11-21-15-18-17-14-16-12-6-2-3-7-13(12)20(14)15/h2-3,6-7H,1,4-5,8-11H2,(H,16,17). The van der Waals surface area contributed by atoms with E-state index in [0.29, 0.717) is 0 Å². The number of imidazole rings is 1. The van der Waals surface area contributed by atoms with E-state index in [1.165, 1.54) is 32.4 Å². The lowest BCUT2D eigenvalue weighted by Gasteiger charge is -2.25. The fraction of sp³-hybridized carbons (Fsp3) is 0.467. The molecule has 3 heterocycles. The highest BCUT2D eigenvalue weighted by Crippen LogP contribution is 2.23. The molecule has 4 rings (SSSR count). The van der Waals surface area contributed by atoms with Crippen molar-refractivity contribution in [3.63, 3.8) is 0 Å².